The van der Waals surface area contributed by atoms with Crippen LogP contribution < -0.4 is 5.56 Å². The van der Waals surface area contributed by atoms with Gasteiger partial charge < -0.3 is 14.8 Å². The molecular formula is C13H22N2O3. The SMILES string of the molecule is CO[C@@H](c1ncc([C@@H](O)C(C)C)[nH]c1=O)C(C)C. The summed E-state index contributed by atoms with van der Waals surface area (Å²) in [6, 6.07) is 0. The molecule has 0 amide bonds. The topological polar surface area (TPSA) is 75.2 Å². The average molecular weight is 254 g/mol. The Balaban J connectivity index is 3.10. The molecule has 0 fully saturated rings. The normalized spacial score (nSPS) is 15.1. The highest BCUT2D eigenvalue weighted by Crippen LogP contribution is 2.22. The molecule has 0 radical (unpaired) electrons. The number of hydrogen-bond acceptors (Lipinski definition) is 4. The molecule has 0 bridgehead atoms. The molecule has 5 heteroatoms. The van der Waals surface area contributed by atoms with Gasteiger partial charge in [-0.05, 0) is 11.8 Å². The van der Waals surface area contributed by atoms with Crippen molar-refractivity contribution in [3.05, 3.63) is 27.9 Å². The second-order valence-electron chi connectivity index (χ2n) is 5.14. The minimum Gasteiger partial charge on any atom is -0.387 e. The molecule has 18 heavy (non-hydrogen) atoms. The molecule has 1 heterocycles. The molecule has 1 rings (SSSR count). The molecule has 1 aromatic heterocycles. The van der Waals surface area contributed by atoms with Crippen molar-refractivity contribution in [2.75, 3.05) is 7.11 Å². The van der Waals surface area contributed by atoms with Gasteiger partial charge in [-0.1, -0.05) is 27.7 Å². The zero-order valence-electron chi connectivity index (χ0n) is 11.6. The van der Waals surface area contributed by atoms with Gasteiger partial charge in [-0.3, -0.25) is 9.78 Å². The summed E-state index contributed by atoms with van der Waals surface area (Å²) in [5, 5.41) is 9.88. The number of aliphatic hydroxyl groups excluding tert-OH is 1. The first kappa shape index (κ1) is 14.9. The van der Waals surface area contributed by atoms with Gasteiger partial charge in [0.1, 0.15) is 11.8 Å². The average Bonchev–Trinajstić information content (AvgIpc) is 2.30. The predicted octanol–water partition coefficient (Wildman–Crippen LogP) is 1.80. The molecule has 0 spiro atoms. The quantitative estimate of drug-likeness (QED) is 0.840. The first-order valence-corrected chi connectivity index (χ1v) is 6.18. The van der Waals surface area contributed by atoms with E-state index >= 15 is 0 Å². The van der Waals surface area contributed by atoms with Crippen LogP contribution in [0, 0.1) is 11.8 Å². The first-order valence-electron chi connectivity index (χ1n) is 6.18. The minimum absolute atomic E-state index is 0.0246. The highest BCUT2D eigenvalue weighted by Gasteiger charge is 2.21. The fourth-order valence-corrected chi connectivity index (χ4v) is 1.84. The van der Waals surface area contributed by atoms with Gasteiger partial charge in [-0.25, -0.2) is 0 Å². The van der Waals surface area contributed by atoms with Crippen LogP contribution in [0.1, 0.15) is 51.3 Å². The number of rotatable bonds is 5. The van der Waals surface area contributed by atoms with E-state index in [1.165, 1.54) is 6.20 Å². The number of aliphatic hydroxyl groups is 1. The Morgan fingerprint density at radius 3 is 2.28 bits per heavy atom. The molecule has 0 aliphatic carbocycles. The fraction of sp³-hybridized carbons (Fsp3) is 0.692. The molecule has 2 atom stereocenters. The third-order valence-corrected chi connectivity index (χ3v) is 2.91. The zero-order valence-corrected chi connectivity index (χ0v) is 11.6. The number of aromatic nitrogens is 2. The summed E-state index contributed by atoms with van der Waals surface area (Å²) in [6.45, 7) is 7.68. The third kappa shape index (κ3) is 3.17. The maximum absolute atomic E-state index is 12.0. The molecule has 0 unspecified atom stereocenters. The maximum atomic E-state index is 12.0. The van der Waals surface area contributed by atoms with E-state index in [1.54, 1.807) is 7.11 Å². The van der Waals surface area contributed by atoms with E-state index in [4.69, 9.17) is 4.74 Å². The largest absolute Gasteiger partial charge is 0.387 e. The van der Waals surface area contributed by atoms with E-state index in [0.29, 0.717) is 11.4 Å². The van der Waals surface area contributed by atoms with Crippen molar-refractivity contribution in [1.82, 2.24) is 9.97 Å². The predicted molar refractivity (Wildman–Crippen MR) is 69.2 cm³/mol. The molecule has 0 aliphatic heterocycles. The summed E-state index contributed by atoms with van der Waals surface area (Å²) in [4.78, 5) is 18.8. The van der Waals surface area contributed by atoms with Gasteiger partial charge in [0.2, 0.25) is 0 Å². The number of hydrogen-bond donors (Lipinski definition) is 2. The first-order chi connectivity index (χ1) is 8.38. The van der Waals surface area contributed by atoms with Crippen molar-refractivity contribution in [1.29, 1.82) is 0 Å². The summed E-state index contributed by atoms with van der Waals surface area (Å²) in [6.07, 6.45) is 0.466. The lowest BCUT2D eigenvalue weighted by Crippen LogP contribution is -2.25. The van der Waals surface area contributed by atoms with Gasteiger partial charge in [0, 0.05) is 13.3 Å². The van der Waals surface area contributed by atoms with E-state index in [-0.39, 0.29) is 23.5 Å². The third-order valence-electron chi connectivity index (χ3n) is 2.91. The van der Waals surface area contributed by atoms with Crippen molar-refractivity contribution < 1.29 is 9.84 Å². The number of methoxy groups -OCH3 is 1. The Hall–Kier alpha value is -1.20. The van der Waals surface area contributed by atoms with Crippen LogP contribution in [0.2, 0.25) is 0 Å². The summed E-state index contributed by atoms with van der Waals surface area (Å²) < 4.78 is 5.28. The Morgan fingerprint density at radius 2 is 1.89 bits per heavy atom. The van der Waals surface area contributed by atoms with Crippen LogP contribution in [0.15, 0.2) is 11.0 Å². The monoisotopic (exact) mass is 254 g/mol. The van der Waals surface area contributed by atoms with Crippen LogP contribution >= 0.6 is 0 Å². The molecule has 102 valence electrons. The summed E-state index contributed by atoms with van der Waals surface area (Å²) >= 11 is 0. The molecule has 0 saturated heterocycles. The fourth-order valence-electron chi connectivity index (χ4n) is 1.84. The zero-order chi connectivity index (χ0) is 13.9. The van der Waals surface area contributed by atoms with E-state index < -0.39 is 6.10 Å². The van der Waals surface area contributed by atoms with Gasteiger partial charge in [-0.2, -0.15) is 0 Å². The van der Waals surface area contributed by atoms with Gasteiger partial charge >= 0.3 is 0 Å². The number of ether oxygens (including phenoxy) is 1. The van der Waals surface area contributed by atoms with Crippen molar-refractivity contribution >= 4 is 0 Å². The minimum atomic E-state index is -0.709. The van der Waals surface area contributed by atoms with E-state index in [1.807, 2.05) is 27.7 Å². The molecule has 5 nitrogen and oxygen atoms in total. The lowest BCUT2D eigenvalue weighted by molar-refractivity contribution is 0.0594. The van der Waals surface area contributed by atoms with Gasteiger partial charge in [0.15, 0.2) is 0 Å². The number of nitrogens with zero attached hydrogens (tertiary/aromatic N) is 1. The van der Waals surface area contributed by atoms with Crippen LogP contribution in [0.25, 0.3) is 0 Å². The highest BCUT2D eigenvalue weighted by atomic mass is 16.5. The Bertz CT molecular complexity index is 440. The van der Waals surface area contributed by atoms with Crippen LogP contribution in [0.3, 0.4) is 0 Å². The number of H-pyrrole nitrogens is 1. The van der Waals surface area contributed by atoms with Crippen molar-refractivity contribution in [3.8, 4) is 0 Å². The standard InChI is InChI=1S/C13H22N2O3/c1-7(2)11(16)9-6-14-10(13(17)15-9)12(18-5)8(3)4/h6-8,11-12,16H,1-5H3,(H,15,17)/t11-,12+/m0/s1. The van der Waals surface area contributed by atoms with Crippen LogP contribution in [0.4, 0.5) is 0 Å². The molecule has 0 aliphatic rings. The molecule has 0 aromatic carbocycles. The lowest BCUT2D eigenvalue weighted by atomic mass is 10.0. The van der Waals surface area contributed by atoms with Crippen LogP contribution in [-0.4, -0.2) is 22.2 Å². The van der Waals surface area contributed by atoms with Crippen LogP contribution in [-0.2, 0) is 4.74 Å². The smallest absolute Gasteiger partial charge is 0.272 e. The Labute approximate surface area is 107 Å². The van der Waals surface area contributed by atoms with E-state index in [0.717, 1.165) is 0 Å². The van der Waals surface area contributed by atoms with Crippen molar-refractivity contribution in [2.45, 2.75) is 39.9 Å². The second-order valence-corrected chi connectivity index (χ2v) is 5.14. The molecule has 2 N–H and O–H groups in total. The van der Waals surface area contributed by atoms with E-state index in [9.17, 15) is 9.90 Å². The Morgan fingerprint density at radius 1 is 1.28 bits per heavy atom. The van der Waals surface area contributed by atoms with Gasteiger partial charge in [0.25, 0.3) is 5.56 Å². The molecule has 1 aromatic rings. The second kappa shape index (κ2) is 6.11. The van der Waals surface area contributed by atoms with Gasteiger partial charge in [-0.15, -0.1) is 0 Å². The molecular weight excluding hydrogens is 232 g/mol. The number of nitrogens with one attached hydrogen (secondary N) is 1. The van der Waals surface area contributed by atoms with Crippen LogP contribution in [0.5, 0.6) is 0 Å². The number of aromatic amines is 1. The summed E-state index contributed by atoms with van der Waals surface area (Å²) in [5.74, 6) is 0.182. The Kier molecular flexibility index (Phi) is 5.04. The van der Waals surface area contributed by atoms with E-state index in [2.05, 4.69) is 9.97 Å². The maximum Gasteiger partial charge on any atom is 0.272 e. The summed E-state index contributed by atoms with van der Waals surface area (Å²) in [7, 11) is 1.56. The van der Waals surface area contributed by atoms with Gasteiger partial charge in [0.05, 0.1) is 11.8 Å². The lowest BCUT2D eigenvalue weighted by Gasteiger charge is -2.19. The van der Waals surface area contributed by atoms with Crippen molar-refractivity contribution in [3.63, 3.8) is 0 Å². The summed E-state index contributed by atoms with van der Waals surface area (Å²) in [5.41, 5.74) is 0.498. The van der Waals surface area contributed by atoms with Crippen molar-refractivity contribution in [2.24, 2.45) is 11.8 Å². The highest BCUT2D eigenvalue weighted by molar-refractivity contribution is 5.08. The molecule has 0 saturated carbocycles.